The Balaban J connectivity index is 1.83. The SMILES string of the molecule is NC(=O)C1CCN(C(=O)N2CCCCC2)CC1. The number of carbonyl (C=O) groups excluding carboxylic acids is 2. The fourth-order valence-corrected chi connectivity index (χ4v) is 2.64. The van der Waals surface area contributed by atoms with E-state index in [1.807, 2.05) is 9.80 Å². The van der Waals surface area contributed by atoms with Crippen molar-refractivity contribution in [3.63, 3.8) is 0 Å². The van der Waals surface area contributed by atoms with E-state index in [4.69, 9.17) is 5.73 Å². The van der Waals surface area contributed by atoms with Crippen LogP contribution in [0.15, 0.2) is 0 Å². The molecule has 0 saturated carbocycles. The van der Waals surface area contributed by atoms with Crippen LogP contribution in [-0.4, -0.2) is 47.9 Å². The molecule has 2 aliphatic heterocycles. The van der Waals surface area contributed by atoms with Gasteiger partial charge in [0, 0.05) is 32.1 Å². The highest BCUT2D eigenvalue weighted by Gasteiger charge is 2.28. The second kappa shape index (κ2) is 5.38. The number of amides is 3. The highest BCUT2D eigenvalue weighted by atomic mass is 16.2. The number of carbonyl (C=O) groups is 2. The second-order valence-electron chi connectivity index (χ2n) is 4.99. The predicted molar refractivity (Wildman–Crippen MR) is 64.3 cm³/mol. The minimum atomic E-state index is -0.227. The first-order valence-corrected chi connectivity index (χ1v) is 6.51. The van der Waals surface area contributed by atoms with Crippen molar-refractivity contribution in [2.45, 2.75) is 32.1 Å². The zero-order valence-electron chi connectivity index (χ0n) is 10.2. The maximum Gasteiger partial charge on any atom is 0.319 e. The Bertz CT molecular complexity index is 292. The summed E-state index contributed by atoms with van der Waals surface area (Å²) in [5, 5.41) is 0. The summed E-state index contributed by atoms with van der Waals surface area (Å²) in [6, 6.07) is 0.146. The quantitative estimate of drug-likeness (QED) is 0.735. The van der Waals surface area contributed by atoms with Crippen LogP contribution in [0.5, 0.6) is 0 Å². The fraction of sp³-hybridized carbons (Fsp3) is 0.833. The van der Waals surface area contributed by atoms with Crippen molar-refractivity contribution in [1.29, 1.82) is 0 Å². The van der Waals surface area contributed by atoms with Crippen LogP contribution in [-0.2, 0) is 4.79 Å². The van der Waals surface area contributed by atoms with Gasteiger partial charge in [-0.1, -0.05) is 0 Å². The Morgan fingerprint density at radius 3 is 1.94 bits per heavy atom. The average Bonchev–Trinajstić information content (AvgIpc) is 2.39. The molecule has 2 heterocycles. The van der Waals surface area contributed by atoms with Gasteiger partial charge >= 0.3 is 6.03 Å². The van der Waals surface area contributed by atoms with Gasteiger partial charge in [-0.25, -0.2) is 4.79 Å². The van der Waals surface area contributed by atoms with Gasteiger partial charge in [0.1, 0.15) is 0 Å². The molecular formula is C12H21N3O2. The molecule has 2 N–H and O–H groups in total. The van der Waals surface area contributed by atoms with E-state index >= 15 is 0 Å². The molecule has 0 aromatic heterocycles. The van der Waals surface area contributed by atoms with Gasteiger partial charge in [0.15, 0.2) is 0 Å². The summed E-state index contributed by atoms with van der Waals surface area (Å²) in [6.07, 6.45) is 4.89. The van der Waals surface area contributed by atoms with Gasteiger partial charge in [-0.3, -0.25) is 4.79 Å². The largest absolute Gasteiger partial charge is 0.369 e. The molecule has 0 radical (unpaired) electrons. The first-order chi connectivity index (χ1) is 8.18. The summed E-state index contributed by atoms with van der Waals surface area (Å²) in [7, 11) is 0. The highest BCUT2D eigenvalue weighted by molar-refractivity contribution is 5.78. The number of hydrogen-bond acceptors (Lipinski definition) is 2. The van der Waals surface area contributed by atoms with Gasteiger partial charge in [-0.2, -0.15) is 0 Å². The molecule has 5 heteroatoms. The molecule has 0 aliphatic carbocycles. The number of nitrogens with two attached hydrogens (primary N) is 1. The molecule has 5 nitrogen and oxygen atoms in total. The van der Waals surface area contributed by atoms with Crippen LogP contribution in [0, 0.1) is 5.92 Å². The van der Waals surface area contributed by atoms with Crippen LogP contribution in [0.25, 0.3) is 0 Å². The van der Waals surface area contributed by atoms with E-state index in [1.54, 1.807) is 0 Å². The molecular weight excluding hydrogens is 218 g/mol. The third kappa shape index (κ3) is 2.90. The zero-order chi connectivity index (χ0) is 12.3. The molecule has 17 heavy (non-hydrogen) atoms. The molecule has 2 saturated heterocycles. The minimum Gasteiger partial charge on any atom is -0.369 e. The number of urea groups is 1. The lowest BCUT2D eigenvalue weighted by Crippen LogP contribution is -2.49. The Kier molecular flexibility index (Phi) is 3.86. The monoisotopic (exact) mass is 239 g/mol. The van der Waals surface area contributed by atoms with E-state index in [2.05, 4.69) is 0 Å². The van der Waals surface area contributed by atoms with Crippen LogP contribution in [0.3, 0.4) is 0 Å². The lowest BCUT2D eigenvalue weighted by molar-refractivity contribution is -0.123. The Hall–Kier alpha value is -1.26. The molecule has 0 aromatic carbocycles. The van der Waals surface area contributed by atoms with E-state index in [0.29, 0.717) is 13.1 Å². The van der Waals surface area contributed by atoms with Crippen molar-refractivity contribution in [3.05, 3.63) is 0 Å². The lowest BCUT2D eigenvalue weighted by Gasteiger charge is -2.36. The number of nitrogens with zero attached hydrogens (tertiary/aromatic N) is 2. The molecule has 0 aromatic rings. The number of primary amides is 1. The Morgan fingerprint density at radius 1 is 0.882 bits per heavy atom. The maximum absolute atomic E-state index is 12.2. The predicted octanol–water partition coefficient (Wildman–Crippen LogP) is 0.790. The van der Waals surface area contributed by atoms with E-state index in [1.165, 1.54) is 6.42 Å². The molecule has 96 valence electrons. The van der Waals surface area contributed by atoms with Crippen LogP contribution >= 0.6 is 0 Å². The van der Waals surface area contributed by atoms with Crippen molar-refractivity contribution in [3.8, 4) is 0 Å². The number of piperidine rings is 2. The van der Waals surface area contributed by atoms with Crippen molar-refractivity contribution in [2.24, 2.45) is 11.7 Å². The van der Waals surface area contributed by atoms with Gasteiger partial charge in [0.25, 0.3) is 0 Å². The van der Waals surface area contributed by atoms with Gasteiger partial charge in [0.2, 0.25) is 5.91 Å². The van der Waals surface area contributed by atoms with Crippen molar-refractivity contribution in [1.82, 2.24) is 9.80 Å². The molecule has 0 atom stereocenters. The van der Waals surface area contributed by atoms with Gasteiger partial charge in [-0.15, -0.1) is 0 Å². The van der Waals surface area contributed by atoms with Crippen molar-refractivity contribution < 1.29 is 9.59 Å². The summed E-state index contributed by atoms with van der Waals surface area (Å²) in [4.78, 5) is 27.0. The van der Waals surface area contributed by atoms with E-state index < -0.39 is 0 Å². The molecule has 2 fully saturated rings. The first-order valence-electron chi connectivity index (χ1n) is 6.51. The maximum atomic E-state index is 12.2. The summed E-state index contributed by atoms with van der Waals surface area (Å²) < 4.78 is 0. The second-order valence-corrected chi connectivity index (χ2v) is 4.99. The molecule has 3 amide bonds. The normalized spacial score (nSPS) is 22.6. The number of hydrogen-bond donors (Lipinski definition) is 1. The number of likely N-dealkylation sites (tertiary alicyclic amines) is 2. The van der Waals surface area contributed by atoms with Gasteiger partial charge in [-0.05, 0) is 32.1 Å². The van der Waals surface area contributed by atoms with Gasteiger partial charge < -0.3 is 15.5 Å². The number of rotatable bonds is 1. The van der Waals surface area contributed by atoms with E-state index in [0.717, 1.165) is 38.8 Å². The van der Waals surface area contributed by atoms with E-state index in [9.17, 15) is 9.59 Å². The molecule has 0 spiro atoms. The molecule has 0 bridgehead atoms. The first kappa shape index (κ1) is 12.2. The molecule has 0 unspecified atom stereocenters. The smallest absolute Gasteiger partial charge is 0.319 e. The molecule has 2 aliphatic rings. The summed E-state index contributed by atoms with van der Waals surface area (Å²) in [5.41, 5.74) is 5.28. The van der Waals surface area contributed by atoms with Crippen molar-refractivity contribution in [2.75, 3.05) is 26.2 Å². The lowest BCUT2D eigenvalue weighted by atomic mass is 9.96. The van der Waals surface area contributed by atoms with Crippen molar-refractivity contribution >= 4 is 11.9 Å². The minimum absolute atomic E-state index is 0.0413. The van der Waals surface area contributed by atoms with Crippen LogP contribution in [0.1, 0.15) is 32.1 Å². The summed E-state index contributed by atoms with van der Waals surface area (Å²) in [6.45, 7) is 3.11. The average molecular weight is 239 g/mol. The zero-order valence-corrected chi connectivity index (χ0v) is 10.2. The van der Waals surface area contributed by atoms with E-state index in [-0.39, 0.29) is 17.9 Å². The molecule has 2 rings (SSSR count). The fourth-order valence-electron chi connectivity index (χ4n) is 2.64. The third-order valence-electron chi connectivity index (χ3n) is 3.79. The van der Waals surface area contributed by atoms with Crippen LogP contribution in [0.2, 0.25) is 0 Å². The topological polar surface area (TPSA) is 66.6 Å². The highest BCUT2D eigenvalue weighted by Crippen LogP contribution is 2.19. The van der Waals surface area contributed by atoms with Crippen LogP contribution < -0.4 is 5.73 Å². The summed E-state index contributed by atoms with van der Waals surface area (Å²) >= 11 is 0. The van der Waals surface area contributed by atoms with Gasteiger partial charge in [0.05, 0.1) is 0 Å². The van der Waals surface area contributed by atoms with Crippen LogP contribution in [0.4, 0.5) is 4.79 Å². The summed E-state index contributed by atoms with van der Waals surface area (Å²) in [5.74, 6) is -0.268. The Labute approximate surface area is 102 Å². The standard InChI is InChI=1S/C12H21N3O2/c13-11(16)10-4-8-15(9-5-10)12(17)14-6-2-1-3-7-14/h10H,1-9H2,(H2,13,16). The third-order valence-corrected chi connectivity index (χ3v) is 3.79. The Morgan fingerprint density at radius 2 is 1.41 bits per heavy atom.